The van der Waals surface area contributed by atoms with Crippen LogP contribution in [0.25, 0.3) is 38.4 Å². The number of halogens is 1. The molecule has 5 aromatic rings. The van der Waals surface area contributed by atoms with Crippen molar-refractivity contribution >= 4 is 50.5 Å². The zero-order valence-electron chi connectivity index (χ0n) is 18.8. The van der Waals surface area contributed by atoms with Crippen molar-refractivity contribution in [1.29, 1.82) is 0 Å². The number of hydrogen-bond donors (Lipinski definition) is 1. The lowest BCUT2D eigenvalue weighted by molar-refractivity contribution is -0.111. The van der Waals surface area contributed by atoms with Gasteiger partial charge in [0.15, 0.2) is 0 Å². The van der Waals surface area contributed by atoms with E-state index in [2.05, 4.69) is 5.32 Å². The maximum Gasteiger partial charge on any atom is 0.248 e. The molecule has 0 radical (unpaired) electrons. The van der Waals surface area contributed by atoms with Crippen LogP contribution in [0.3, 0.4) is 0 Å². The second-order valence-electron chi connectivity index (χ2n) is 8.05. The Bertz CT molecular complexity index is 1540. The summed E-state index contributed by atoms with van der Waals surface area (Å²) >= 11 is 6.05. The van der Waals surface area contributed by atoms with Crippen LogP contribution in [0.5, 0.6) is 5.75 Å². The highest BCUT2D eigenvalue weighted by Gasteiger charge is 2.15. The molecule has 0 unspecified atom stereocenters. The molecule has 0 atom stereocenters. The Morgan fingerprint density at radius 1 is 0.971 bits per heavy atom. The number of nitrogens with one attached hydrogen (secondary N) is 1. The molecule has 1 amide bonds. The quantitative estimate of drug-likeness (QED) is 0.267. The normalized spacial score (nSPS) is 11.7. The van der Waals surface area contributed by atoms with Crippen molar-refractivity contribution in [2.75, 3.05) is 12.4 Å². The van der Waals surface area contributed by atoms with Crippen molar-refractivity contribution in [2.24, 2.45) is 0 Å². The number of benzene rings is 4. The second-order valence-corrected chi connectivity index (χ2v) is 8.48. The number of fused-ring (bicyclic) bond motifs is 2. The highest BCUT2D eigenvalue weighted by atomic mass is 35.5. The number of allylic oxidation sites excluding steroid dienone is 1. The Kier molecular flexibility index (Phi) is 5.83. The van der Waals surface area contributed by atoms with E-state index in [9.17, 15) is 4.79 Å². The first-order valence-corrected chi connectivity index (χ1v) is 11.2. The first-order valence-electron chi connectivity index (χ1n) is 10.9. The summed E-state index contributed by atoms with van der Waals surface area (Å²) in [5.41, 5.74) is 5.02. The van der Waals surface area contributed by atoms with Crippen molar-refractivity contribution in [3.63, 3.8) is 0 Å². The lowest BCUT2D eigenvalue weighted by atomic mass is 9.99. The molecule has 1 N–H and O–H groups in total. The predicted octanol–water partition coefficient (Wildman–Crippen LogP) is 7.96. The zero-order valence-corrected chi connectivity index (χ0v) is 19.5. The van der Waals surface area contributed by atoms with E-state index in [1.54, 1.807) is 19.4 Å². The van der Waals surface area contributed by atoms with Gasteiger partial charge < -0.3 is 14.5 Å². The Balaban J connectivity index is 1.51. The van der Waals surface area contributed by atoms with Crippen molar-refractivity contribution in [2.45, 2.75) is 6.92 Å². The topological polar surface area (TPSA) is 51.5 Å². The number of ether oxygens (including phenoxy) is 1. The van der Waals surface area contributed by atoms with Crippen LogP contribution in [0.15, 0.2) is 95.6 Å². The third-order valence-corrected chi connectivity index (χ3v) is 6.12. The van der Waals surface area contributed by atoms with Crippen LogP contribution in [-0.2, 0) is 4.79 Å². The lowest BCUT2D eigenvalue weighted by Gasteiger charge is -2.11. The summed E-state index contributed by atoms with van der Waals surface area (Å²) in [5, 5.41) is 6.68. The van der Waals surface area contributed by atoms with E-state index < -0.39 is 0 Å². The molecule has 0 aliphatic rings. The maximum atomic E-state index is 12.9. The van der Waals surface area contributed by atoms with Crippen LogP contribution >= 0.6 is 11.6 Å². The summed E-state index contributed by atoms with van der Waals surface area (Å²) < 4.78 is 11.4. The van der Waals surface area contributed by atoms with Gasteiger partial charge in [-0.1, -0.05) is 60.1 Å². The molecule has 4 nitrogen and oxygen atoms in total. The molecule has 34 heavy (non-hydrogen) atoms. The van der Waals surface area contributed by atoms with Crippen molar-refractivity contribution in [3.05, 3.63) is 102 Å². The highest BCUT2D eigenvalue weighted by molar-refractivity contribution is 6.30. The van der Waals surface area contributed by atoms with Gasteiger partial charge in [-0.2, -0.15) is 0 Å². The monoisotopic (exact) mass is 467 g/mol. The molecule has 5 rings (SSSR count). The Morgan fingerprint density at radius 2 is 1.74 bits per heavy atom. The summed E-state index contributed by atoms with van der Waals surface area (Å²) in [6.07, 6.45) is 3.32. The number of furan rings is 1. The van der Waals surface area contributed by atoms with E-state index in [0.29, 0.717) is 16.4 Å². The number of anilines is 1. The summed E-state index contributed by atoms with van der Waals surface area (Å²) in [5.74, 6) is 0.428. The molecule has 0 bridgehead atoms. The first kappa shape index (κ1) is 21.8. The van der Waals surface area contributed by atoms with E-state index >= 15 is 0 Å². The lowest BCUT2D eigenvalue weighted by Crippen LogP contribution is -2.09. The molecule has 1 aromatic heterocycles. The number of methoxy groups -OCH3 is 1. The molecular weight excluding hydrogens is 446 g/mol. The fourth-order valence-corrected chi connectivity index (χ4v) is 4.29. The molecule has 1 heterocycles. The molecule has 0 aliphatic heterocycles. The summed E-state index contributed by atoms with van der Waals surface area (Å²) in [4.78, 5) is 12.9. The van der Waals surface area contributed by atoms with Gasteiger partial charge in [-0.3, -0.25) is 4.79 Å². The summed E-state index contributed by atoms with van der Waals surface area (Å²) in [6.45, 7) is 1.90. The van der Waals surface area contributed by atoms with Gasteiger partial charge in [-0.15, -0.1) is 0 Å². The van der Waals surface area contributed by atoms with Gasteiger partial charge in [0.1, 0.15) is 11.3 Å². The van der Waals surface area contributed by atoms with Crippen LogP contribution in [0.1, 0.15) is 12.5 Å². The van der Waals surface area contributed by atoms with Gasteiger partial charge in [-0.25, -0.2) is 0 Å². The summed E-state index contributed by atoms with van der Waals surface area (Å²) in [6, 6.07) is 25.3. The van der Waals surface area contributed by atoms with Gasteiger partial charge in [0.05, 0.1) is 13.4 Å². The Morgan fingerprint density at radius 3 is 2.53 bits per heavy atom. The van der Waals surface area contributed by atoms with Gasteiger partial charge >= 0.3 is 0 Å². The number of amides is 1. The SMILES string of the molecule is COc1cc2occ(-c3ccc(Cl)cc3)c2cc1/C(C)=C/C(=O)Nc1cccc2ccccc12. The number of carbonyl (C=O) groups excluding carboxylic acids is 1. The van der Waals surface area contributed by atoms with Crippen LogP contribution < -0.4 is 10.1 Å². The summed E-state index contributed by atoms with van der Waals surface area (Å²) in [7, 11) is 1.61. The smallest absolute Gasteiger partial charge is 0.248 e. The van der Waals surface area contributed by atoms with E-state index in [-0.39, 0.29) is 5.91 Å². The van der Waals surface area contributed by atoms with Gasteiger partial charge in [0.25, 0.3) is 0 Å². The van der Waals surface area contributed by atoms with E-state index in [1.807, 2.05) is 85.8 Å². The molecule has 0 spiro atoms. The fourth-order valence-electron chi connectivity index (χ4n) is 4.16. The highest BCUT2D eigenvalue weighted by Crippen LogP contribution is 2.37. The molecule has 0 fully saturated rings. The number of carbonyl (C=O) groups is 1. The van der Waals surface area contributed by atoms with E-state index in [1.165, 1.54) is 0 Å². The largest absolute Gasteiger partial charge is 0.496 e. The van der Waals surface area contributed by atoms with Crippen LogP contribution in [0.4, 0.5) is 5.69 Å². The van der Waals surface area contributed by atoms with Crippen molar-refractivity contribution in [1.82, 2.24) is 0 Å². The number of rotatable bonds is 5. The van der Waals surface area contributed by atoms with Crippen LogP contribution in [0, 0.1) is 0 Å². The van der Waals surface area contributed by atoms with E-state index in [0.717, 1.165) is 44.1 Å². The van der Waals surface area contributed by atoms with Gasteiger partial charge in [0.2, 0.25) is 5.91 Å². The minimum atomic E-state index is -0.207. The third kappa shape index (κ3) is 4.16. The van der Waals surface area contributed by atoms with Crippen LogP contribution in [0.2, 0.25) is 5.02 Å². The minimum Gasteiger partial charge on any atom is -0.496 e. The minimum absolute atomic E-state index is 0.207. The van der Waals surface area contributed by atoms with Gasteiger partial charge in [-0.05, 0) is 47.7 Å². The van der Waals surface area contributed by atoms with Crippen molar-refractivity contribution < 1.29 is 13.9 Å². The average molecular weight is 468 g/mol. The molecule has 168 valence electrons. The van der Waals surface area contributed by atoms with Crippen molar-refractivity contribution in [3.8, 4) is 16.9 Å². The fraction of sp³-hybridized carbons (Fsp3) is 0.0690. The second kappa shape index (κ2) is 9.08. The molecular formula is C29H22ClNO3. The third-order valence-electron chi connectivity index (χ3n) is 5.87. The maximum absolute atomic E-state index is 12.9. The molecule has 4 aromatic carbocycles. The van der Waals surface area contributed by atoms with Gasteiger partial charge in [0, 0.05) is 44.8 Å². The molecule has 5 heteroatoms. The molecule has 0 saturated carbocycles. The molecule has 0 aliphatic carbocycles. The zero-order chi connectivity index (χ0) is 23.7. The van der Waals surface area contributed by atoms with E-state index in [4.69, 9.17) is 20.8 Å². The standard InChI is InChI=1S/C29H22ClNO3/c1-18(14-29(32)31-26-9-5-7-19-6-3-4-8-22(19)26)23-15-24-25(20-10-12-21(30)13-11-20)17-34-28(24)16-27(23)33-2/h3-17H,1-2H3,(H,31,32)/b18-14+. The first-order chi connectivity index (χ1) is 16.5. The average Bonchev–Trinajstić information content (AvgIpc) is 3.26. The Labute approximate surface area is 202 Å². The Hall–Kier alpha value is -4.02. The van der Waals surface area contributed by atoms with Crippen LogP contribution in [-0.4, -0.2) is 13.0 Å². The number of hydrogen-bond acceptors (Lipinski definition) is 3. The molecule has 0 saturated heterocycles. The predicted molar refractivity (Wildman–Crippen MR) is 139 cm³/mol.